The molecule has 0 radical (unpaired) electrons. The van der Waals surface area contributed by atoms with Crippen molar-refractivity contribution < 1.29 is 9.59 Å². The molecular formula is C20H28N4O2. The van der Waals surface area contributed by atoms with Gasteiger partial charge in [-0.1, -0.05) is 19.3 Å². The summed E-state index contributed by atoms with van der Waals surface area (Å²) in [5.41, 5.74) is 1.08. The van der Waals surface area contributed by atoms with Crippen LogP contribution in [0, 0.1) is 11.8 Å². The Kier molecular flexibility index (Phi) is 5.18. The lowest BCUT2D eigenvalue weighted by Gasteiger charge is -2.43. The van der Waals surface area contributed by atoms with Gasteiger partial charge in [-0.3, -0.25) is 9.59 Å². The molecule has 6 heteroatoms. The third-order valence-electron chi connectivity index (χ3n) is 6.33. The molecule has 26 heavy (non-hydrogen) atoms. The van der Waals surface area contributed by atoms with E-state index in [0.717, 1.165) is 44.5 Å². The summed E-state index contributed by atoms with van der Waals surface area (Å²) >= 11 is 0. The first-order valence-corrected chi connectivity index (χ1v) is 10.1. The summed E-state index contributed by atoms with van der Waals surface area (Å²) in [7, 11) is 0. The maximum Gasteiger partial charge on any atom is 0.229 e. The minimum atomic E-state index is 0.0122. The van der Waals surface area contributed by atoms with E-state index in [1.165, 1.54) is 19.3 Å². The Morgan fingerprint density at radius 2 is 1.58 bits per heavy atom. The molecule has 3 heterocycles. The van der Waals surface area contributed by atoms with Gasteiger partial charge in [0.15, 0.2) is 0 Å². The molecule has 1 saturated carbocycles. The van der Waals surface area contributed by atoms with Gasteiger partial charge in [0.25, 0.3) is 0 Å². The highest BCUT2D eigenvalue weighted by Gasteiger charge is 2.40. The topological polar surface area (TPSA) is 66.4 Å². The normalized spacial score (nSPS) is 22.9. The summed E-state index contributed by atoms with van der Waals surface area (Å²) in [5, 5.41) is 0. The molecule has 2 saturated heterocycles. The maximum absolute atomic E-state index is 12.7. The number of nitrogens with zero attached hydrogens (tertiary/aromatic N) is 4. The molecular weight excluding hydrogens is 328 g/mol. The molecule has 0 bridgehead atoms. The van der Waals surface area contributed by atoms with E-state index in [1.807, 2.05) is 15.9 Å². The zero-order valence-corrected chi connectivity index (χ0v) is 15.3. The molecule has 1 aromatic heterocycles. The van der Waals surface area contributed by atoms with Gasteiger partial charge in [0.2, 0.25) is 11.8 Å². The van der Waals surface area contributed by atoms with Crippen molar-refractivity contribution >= 4 is 11.8 Å². The number of hydrogen-bond donors (Lipinski definition) is 0. The summed E-state index contributed by atoms with van der Waals surface area (Å²) in [6.07, 6.45) is 11.0. The zero-order chi connectivity index (χ0) is 17.9. The molecule has 1 aromatic rings. The highest BCUT2D eigenvalue weighted by Crippen LogP contribution is 2.31. The Balaban J connectivity index is 1.23. The van der Waals surface area contributed by atoms with Crippen LogP contribution in [0.3, 0.4) is 0 Å². The number of carbonyl (C=O) groups excluding carboxylic acids is 2. The van der Waals surface area contributed by atoms with E-state index < -0.39 is 0 Å². The van der Waals surface area contributed by atoms with E-state index in [0.29, 0.717) is 19.0 Å². The second-order valence-corrected chi connectivity index (χ2v) is 8.01. The van der Waals surface area contributed by atoms with Crippen molar-refractivity contribution in [1.29, 1.82) is 0 Å². The van der Waals surface area contributed by atoms with Crippen LogP contribution >= 0.6 is 0 Å². The molecule has 1 aliphatic carbocycles. The lowest BCUT2D eigenvalue weighted by molar-refractivity contribution is -0.152. The molecule has 0 N–H and O–H groups in total. The van der Waals surface area contributed by atoms with Crippen LogP contribution in [0.1, 0.15) is 56.6 Å². The molecule has 140 valence electrons. The largest absolute Gasteiger partial charge is 0.342 e. The maximum atomic E-state index is 12.7. The second-order valence-electron chi connectivity index (χ2n) is 8.01. The van der Waals surface area contributed by atoms with Crippen LogP contribution in [0.4, 0.5) is 0 Å². The Hall–Kier alpha value is -1.98. The average Bonchev–Trinajstić information content (AvgIpc) is 2.68. The fraction of sp³-hybridized carbons (Fsp3) is 0.700. The number of carbonyl (C=O) groups is 2. The number of piperidine rings is 1. The van der Waals surface area contributed by atoms with E-state index in [1.54, 1.807) is 12.5 Å². The van der Waals surface area contributed by atoms with Crippen LogP contribution in [0.25, 0.3) is 0 Å². The van der Waals surface area contributed by atoms with Crippen molar-refractivity contribution in [2.45, 2.75) is 50.9 Å². The smallest absolute Gasteiger partial charge is 0.229 e. The average molecular weight is 356 g/mol. The van der Waals surface area contributed by atoms with E-state index >= 15 is 0 Å². The van der Waals surface area contributed by atoms with Gasteiger partial charge in [-0.15, -0.1) is 0 Å². The van der Waals surface area contributed by atoms with Gasteiger partial charge < -0.3 is 9.80 Å². The van der Waals surface area contributed by atoms with E-state index in [9.17, 15) is 9.59 Å². The van der Waals surface area contributed by atoms with E-state index in [2.05, 4.69) is 9.97 Å². The molecule has 3 fully saturated rings. The van der Waals surface area contributed by atoms with Gasteiger partial charge in [-0.2, -0.15) is 0 Å². The number of aromatic nitrogens is 2. The van der Waals surface area contributed by atoms with Crippen LogP contribution in [-0.4, -0.2) is 57.8 Å². The van der Waals surface area contributed by atoms with Crippen molar-refractivity contribution in [3.05, 3.63) is 24.3 Å². The first-order chi connectivity index (χ1) is 12.7. The van der Waals surface area contributed by atoms with Gasteiger partial charge in [0, 0.05) is 49.9 Å². The van der Waals surface area contributed by atoms with Crippen molar-refractivity contribution in [2.75, 3.05) is 26.2 Å². The SMILES string of the molecule is O=C(C1CN(C(=O)C2CCCCC2)C1)N1CCC(c2ccncn2)CC1. The van der Waals surface area contributed by atoms with Gasteiger partial charge >= 0.3 is 0 Å². The lowest BCUT2D eigenvalue weighted by atomic mass is 9.86. The van der Waals surface area contributed by atoms with E-state index in [4.69, 9.17) is 0 Å². The molecule has 2 aliphatic heterocycles. The number of amides is 2. The monoisotopic (exact) mass is 356 g/mol. The predicted octanol–water partition coefficient (Wildman–Crippen LogP) is 2.22. The molecule has 0 spiro atoms. The summed E-state index contributed by atoms with van der Waals surface area (Å²) < 4.78 is 0. The van der Waals surface area contributed by atoms with Crippen molar-refractivity contribution in [2.24, 2.45) is 11.8 Å². The minimum absolute atomic E-state index is 0.0122. The first-order valence-electron chi connectivity index (χ1n) is 10.1. The number of likely N-dealkylation sites (tertiary alicyclic amines) is 2. The minimum Gasteiger partial charge on any atom is -0.342 e. The Morgan fingerprint density at radius 1 is 0.885 bits per heavy atom. The molecule has 0 aromatic carbocycles. The summed E-state index contributed by atoms with van der Waals surface area (Å²) in [5.74, 6) is 1.17. The molecule has 0 atom stereocenters. The molecule has 0 unspecified atom stereocenters. The van der Waals surface area contributed by atoms with Crippen molar-refractivity contribution in [3.63, 3.8) is 0 Å². The van der Waals surface area contributed by atoms with Crippen molar-refractivity contribution in [1.82, 2.24) is 19.8 Å². The highest BCUT2D eigenvalue weighted by atomic mass is 16.2. The van der Waals surface area contributed by atoms with Gasteiger partial charge in [-0.05, 0) is 31.7 Å². The fourth-order valence-electron chi connectivity index (χ4n) is 4.62. The molecule has 2 amide bonds. The standard InChI is InChI=1S/C20H28N4O2/c25-19(16-4-2-1-3-5-16)24-12-17(13-24)20(26)23-10-7-15(8-11-23)18-6-9-21-14-22-18/h6,9,14-17H,1-5,7-8,10-13H2. The van der Waals surface area contributed by atoms with Crippen LogP contribution in [0.2, 0.25) is 0 Å². The van der Waals surface area contributed by atoms with Crippen LogP contribution in [0.15, 0.2) is 18.6 Å². The quantitative estimate of drug-likeness (QED) is 0.833. The Labute approximate surface area is 155 Å². The van der Waals surface area contributed by atoms with Gasteiger partial charge in [0.1, 0.15) is 6.33 Å². The van der Waals surface area contributed by atoms with Crippen LogP contribution in [-0.2, 0) is 9.59 Å². The molecule has 6 nitrogen and oxygen atoms in total. The number of rotatable bonds is 3. The number of hydrogen-bond acceptors (Lipinski definition) is 4. The van der Waals surface area contributed by atoms with Gasteiger partial charge in [-0.25, -0.2) is 9.97 Å². The predicted molar refractivity (Wildman–Crippen MR) is 97.2 cm³/mol. The van der Waals surface area contributed by atoms with Gasteiger partial charge in [0.05, 0.1) is 5.92 Å². The second kappa shape index (κ2) is 7.72. The summed E-state index contributed by atoms with van der Waals surface area (Å²) in [4.78, 5) is 37.5. The van der Waals surface area contributed by atoms with E-state index in [-0.39, 0.29) is 23.7 Å². The lowest BCUT2D eigenvalue weighted by Crippen LogP contribution is -2.58. The summed E-state index contributed by atoms with van der Waals surface area (Å²) in [6, 6.07) is 1.98. The van der Waals surface area contributed by atoms with Crippen LogP contribution in [0.5, 0.6) is 0 Å². The Morgan fingerprint density at radius 3 is 2.23 bits per heavy atom. The van der Waals surface area contributed by atoms with Crippen molar-refractivity contribution in [3.8, 4) is 0 Å². The highest BCUT2D eigenvalue weighted by molar-refractivity contribution is 5.85. The third-order valence-corrected chi connectivity index (χ3v) is 6.33. The third kappa shape index (κ3) is 3.60. The molecule has 4 rings (SSSR count). The Bertz CT molecular complexity index is 630. The molecule has 3 aliphatic rings. The zero-order valence-electron chi connectivity index (χ0n) is 15.3. The van der Waals surface area contributed by atoms with Crippen LogP contribution < -0.4 is 0 Å². The first kappa shape index (κ1) is 17.4. The fourth-order valence-corrected chi connectivity index (χ4v) is 4.62. The summed E-state index contributed by atoms with van der Waals surface area (Å²) in [6.45, 7) is 2.83.